The van der Waals surface area contributed by atoms with Crippen LogP contribution < -0.4 is 0 Å². The third-order valence-corrected chi connectivity index (χ3v) is 2.99. The predicted molar refractivity (Wildman–Crippen MR) is 67.5 cm³/mol. The first-order valence-corrected chi connectivity index (χ1v) is 6.17. The van der Waals surface area contributed by atoms with Gasteiger partial charge in [-0.1, -0.05) is 10.3 Å². The molecular weight excluding hydrogens is 301 g/mol. The van der Waals surface area contributed by atoms with E-state index in [0.717, 1.165) is 12.3 Å². The summed E-state index contributed by atoms with van der Waals surface area (Å²) in [6.07, 6.45) is -3.72. The minimum Gasteiger partial charge on any atom is -0.361 e. The van der Waals surface area contributed by atoms with Gasteiger partial charge >= 0.3 is 6.18 Å². The van der Waals surface area contributed by atoms with Crippen LogP contribution in [0, 0.1) is 13.8 Å². The van der Waals surface area contributed by atoms with Gasteiger partial charge < -0.3 is 9.05 Å². The normalized spacial score (nSPS) is 11.9. The Balaban J connectivity index is 1.94. The van der Waals surface area contributed by atoms with E-state index in [1.165, 1.54) is 6.07 Å². The number of hydrogen-bond donors (Lipinski definition) is 0. The number of rotatable bonds is 2. The molecule has 0 atom stereocenters. The summed E-state index contributed by atoms with van der Waals surface area (Å²) in [5, 5.41) is 7.49. The third kappa shape index (κ3) is 2.45. The number of nitrogens with zero attached hydrogens (tertiary/aromatic N) is 4. The fraction of sp³-hybridized carbons (Fsp3) is 0.231. The maximum Gasteiger partial charge on any atom is 0.417 e. The second-order valence-corrected chi connectivity index (χ2v) is 4.55. The average molecular weight is 310 g/mol. The molecule has 0 amide bonds. The first-order chi connectivity index (χ1) is 10.4. The van der Waals surface area contributed by atoms with Gasteiger partial charge in [0.15, 0.2) is 0 Å². The zero-order valence-electron chi connectivity index (χ0n) is 11.5. The smallest absolute Gasteiger partial charge is 0.361 e. The van der Waals surface area contributed by atoms with Gasteiger partial charge in [0.25, 0.3) is 5.89 Å². The Kier molecular flexibility index (Phi) is 3.19. The molecule has 0 spiro atoms. The molecule has 0 N–H and O–H groups in total. The van der Waals surface area contributed by atoms with Crippen molar-refractivity contribution in [1.29, 1.82) is 0 Å². The van der Waals surface area contributed by atoms with Gasteiger partial charge in [-0.25, -0.2) is 0 Å². The first kappa shape index (κ1) is 14.2. The lowest BCUT2D eigenvalue weighted by Gasteiger charge is -2.05. The lowest BCUT2D eigenvalue weighted by atomic mass is 10.2. The highest BCUT2D eigenvalue weighted by Gasteiger charge is 2.31. The molecule has 6 nitrogen and oxygen atoms in total. The molecule has 114 valence electrons. The summed E-state index contributed by atoms with van der Waals surface area (Å²) < 4.78 is 47.6. The van der Waals surface area contributed by atoms with Crippen molar-refractivity contribution in [2.45, 2.75) is 20.0 Å². The summed E-state index contributed by atoms with van der Waals surface area (Å²) in [6, 6.07) is 2.10. The molecule has 0 aliphatic rings. The lowest BCUT2D eigenvalue weighted by Crippen LogP contribution is -2.05. The number of alkyl halides is 3. The van der Waals surface area contributed by atoms with Crippen molar-refractivity contribution in [3.63, 3.8) is 0 Å². The van der Waals surface area contributed by atoms with Gasteiger partial charge in [-0.2, -0.15) is 18.2 Å². The van der Waals surface area contributed by atoms with Gasteiger partial charge in [-0.3, -0.25) is 4.98 Å². The van der Waals surface area contributed by atoms with Crippen LogP contribution in [0.15, 0.2) is 27.4 Å². The Hall–Kier alpha value is -2.71. The van der Waals surface area contributed by atoms with Gasteiger partial charge in [0.1, 0.15) is 17.0 Å². The highest BCUT2D eigenvalue weighted by Crippen LogP contribution is 2.30. The molecule has 3 aromatic heterocycles. The SMILES string of the molecule is Cc1noc(C)c1-c1nc(-c2ccc(C(F)(F)F)cn2)no1. The maximum absolute atomic E-state index is 12.5. The predicted octanol–water partition coefficient (Wildman–Crippen LogP) is 3.42. The Morgan fingerprint density at radius 3 is 2.36 bits per heavy atom. The van der Waals surface area contributed by atoms with Crippen LogP contribution in [0.5, 0.6) is 0 Å². The van der Waals surface area contributed by atoms with Gasteiger partial charge in [0, 0.05) is 6.20 Å². The van der Waals surface area contributed by atoms with Crippen LogP contribution >= 0.6 is 0 Å². The second kappa shape index (κ2) is 4.93. The molecular formula is C13H9F3N4O2. The lowest BCUT2D eigenvalue weighted by molar-refractivity contribution is -0.137. The summed E-state index contributed by atoms with van der Waals surface area (Å²) >= 11 is 0. The first-order valence-electron chi connectivity index (χ1n) is 6.17. The molecule has 3 aromatic rings. The van der Waals surface area contributed by atoms with Crippen molar-refractivity contribution in [2.24, 2.45) is 0 Å². The van der Waals surface area contributed by atoms with E-state index in [-0.39, 0.29) is 17.4 Å². The second-order valence-electron chi connectivity index (χ2n) is 4.55. The molecule has 0 aliphatic carbocycles. The van der Waals surface area contributed by atoms with Crippen molar-refractivity contribution in [3.05, 3.63) is 35.3 Å². The van der Waals surface area contributed by atoms with Crippen LogP contribution in [0.1, 0.15) is 17.0 Å². The highest BCUT2D eigenvalue weighted by molar-refractivity contribution is 5.61. The monoisotopic (exact) mass is 310 g/mol. The van der Waals surface area contributed by atoms with Crippen LogP contribution in [0.2, 0.25) is 0 Å². The molecule has 0 fully saturated rings. The van der Waals surface area contributed by atoms with E-state index in [1.54, 1.807) is 13.8 Å². The van der Waals surface area contributed by atoms with Crippen molar-refractivity contribution < 1.29 is 22.2 Å². The number of aryl methyl sites for hydroxylation is 2. The van der Waals surface area contributed by atoms with Crippen molar-refractivity contribution in [1.82, 2.24) is 20.3 Å². The Labute approximate surface area is 122 Å². The molecule has 0 saturated heterocycles. The zero-order chi connectivity index (χ0) is 15.9. The van der Waals surface area contributed by atoms with E-state index < -0.39 is 11.7 Å². The number of hydrogen-bond acceptors (Lipinski definition) is 6. The van der Waals surface area contributed by atoms with Crippen LogP contribution in [0.25, 0.3) is 23.0 Å². The summed E-state index contributed by atoms with van der Waals surface area (Å²) in [7, 11) is 0. The highest BCUT2D eigenvalue weighted by atomic mass is 19.4. The Bertz CT molecular complexity index is 786. The van der Waals surface area contributed by atoms with Crippen LogP contribution in [0.3, 0.4) is 0 Å². The molecule has 3 rings (SSSR count). The van der Waals surface area contributed by atoms with Gasteiger partial charge in [-0.05, 0) is 26.0 Å². The minimum atomic E-state index is -4.44. The molecule has 0 aliphatic heterocycles. The summed E-state index contributed by atoms with van der Waals surface area (Å²) in [6.45, 7) is 3.40. The van der Waals surface area contributed by atoms with E-state index >= 15 is 0 Å². The molecule has 0 unspecified atom stereocenters. The number of aromatic nitrogens is 4. The molecule has 0 radical (unpaired) electrons. The van der Waals surface area contributed by atoms with Crippen LogP contribution in [-0.2, 0) is 6.18 Å². The van der Waals surface area contributed by atoms with E-state index in [2.05, 4.69) is 20.3 Å². The quantitative estimate of drug-likeness (QED) is 0.721. The van der Waals surface area contributed by atoms with Crippen molar-refractivity contribution >= 4 is 0 Å². The standard InChI is InChI=1S/C13H9F3N4O2/c1-6-10(7(2)21-19-6)12-18-11(20-22-12)9-4-3-8(5-17-9)13(14,15)16/h3-5H,1-2H3. The summed E-state index contributed by atoms with van der Waals surface area (Å²) in [5.74, 6) is 0.768. The van der Waals surface area contributed by atoms with Gasteiger partial charge in [0.05, 0.1) is 11.3 Å². The summed E-state index contributed by atoms with van der Waals surface area (Å²) in [5.41, 5.74) is 0.471. The minimum absolute atomic E-state index is 0.0868. The molecule has 0 saturated carbocycles. The van der Waals surface area contributed by atoms with Crippen LogP contribution in [0.4, 0.5) is 13.2 Å². The van der Waals surface area contributed by atoms with Gasteiger partial charge in [0.2, 0.25) is 5.82 Å². The Morgan fingerprint density at radius 2 is 1.82 bits per heavy atom. The maximum atomic E-state index is 12.5. The average Bonchev–Trinajstić information content (AvgIpc) is 3.05. The molecule has 22 heavy (non-hydrogen) atoms. The van der Waals surface area contributed by atoms with E-state index in [4.69, 9.17) is 9.05 Å². The van der Waals surface area contributed by atoms with Crippen molar-refractivity contribution in [2.75, 3.05) is 0 Å². The summed E-state index contributed by atoms with van der Waals surface area (Å²) in [4.78, 5) is 7.83. The number of halogens is 3. The zero-order valence-corrected chi connectivity index (χ0v) is 11.5. The van der Waals surface area contributed by atoms with Crippen LogP contribution in [-0.4, -0.2) is 20.3 Å². The fourth-order valence-electron chi connectivity index (χ4n) is 1.91. The van der Waals surface area contributed by atoms with E-state index in [9.17, 15) is 13.2 Å². The molecule has 0 bridgehead atoms. The van der Waals surface area contributed by atoms with Gasteiger partial charge in [-0.15, -0.1) is 0 Å². The van der Waals surface area contributed by atoms with E-state index in [0.29, 0.717) is 17.0 Å². The fourth-order valence-corrected chi connectivity index (χ4v) is 1.91. The third-order valence-electron chi connectivity index (χ3n) is 2.99. The Morgan fingerprint density at radius 1 is 1.05 bits per heavy atom. The largest absolute Gasteiger partial charge is 0.417 e. The number of pyridine rings is 1. The molecule has 3 heterocycles. The topological polar surface area (TPSA) is 77.8 Å². The van der Waals surface area contributed by atoms with E-state index in [1.807, 2.05) is 0 Å². The molecule has 9 heteroatoms. The molecule has 0 aromatic carbocycles. The van der Waals surface area contributed by atoms with Crippen molar-refractivity contribution in [3.8, 4) is 23.0 Å².